The zero-order valence-electron chi connectivity index (χ0n) is 19.9. The molecule has 5 rings (SSSR count). The maximum absolute atomic E-state index is 13.6. The molecule has 1 unspecified atom stereocenters. The molecule has 35 heavy (non-hydrogen) atoms. The number of benzene rings is 3. The molecule has 1 fully saturated rings. The van der Waals surface area contributed by atoms with Crippen molar-refractivity contribution in [3.05, 3.63) is 88.5 Å². The predicted octanol–water partition coefficient (Wildman–Crippen LogP) is 4.79. The first-order chi connectivity index (χ1) is 16.9. The summed E-state index contributed by atoms with van der Waals surface area (Å²) in [6, 6.07) is 17.4. The topological polar surface area (TPSA) is 76.2 Å². The van der Waals surface area contributed by atoms with Gasteiger partial charge in [0.25, 0.3) is 17.7 Å². The van der Waals surface area contributed by atoms with Crippen molar-refractivity contribution in [2.75, 3.05) is 25.7 Å². The highest BCUT2D eigenvalue weighted by Gasteiger charge is 2.39. The van der Waals surface area contributed by atoms with Gasteiger partial charge in [0.05, 0.1) is 37.1 Å². The van der Waals surface area contributed by atoms with E-state index in [1.165, 1.54) is 4.90 Å². The summed E-state index contributed by atoms with van der Waals surface area (Å²) >= 11 is 0. The minimum absolute atomic E-state index is 0.179. The lowest BCUT2D eigenvalue weighted by Crippen LogP contribution is -2.31. The maximum Gasteiger partial charge on any atom is 0.266 e. The van der Waals surface area contributed by atoms with E-state index in [2.05, 4.69) is 0 Å². The van der Waals surface area contributed by atoms with Gasteiger partial charge >= 0.3 is 0 Å². The van der Waals surface area contributed by atoms with Crippen LogP contribution < -0.4 is 14.4 Å². The Labute approximate surface area is 203 Å². The molecule has 2 heterocycles. The molecule has 0 N–H and O–H groups in total. The van der Waals surface area contributed by atoms with Crippen molar-refractivity contribution >= 4 is 23.4 Å². The van der Waals surface area contributed by atoms with Gasteiger partial charge in [0.2, 0.25) is 0 Å². The SMILES string of the molecule is COc1ccc(OC)c(C2CCCN2C(=O)c2ccc3c(c2)C(=O)N(c2ccccc2C)C3=O)c1. The van der Waals surface area contributed by atoms with Gasteiger partial charge < -0.3 is 14.4 Å². The monoisotopic (exact) mass is 470 g/mol. The highest BCUT2D eigenvalue weighted by molar-refractivity contribution is 6.35. The van der Waals surface area contributed by atoms with E-state index in [1.807, 2.05) is 37.3 Å². The zero-order chi connectivity index (χ0) is 24.7. The van der Waals surface area contributed by atoms with Crippen molar-refractivity contribution < 1.29 is 23.9 Å². The number of carbonyl (C=O) groups is 3. The van der Waals surface area contributed by atoms with Gasteiger partial charge in [-0.05, 0) is 67.8 Å². The second-order valence-electron chi connectivity index (χ2n) is 8.76. The average molecular weight is 471 g/mol. The van der Waals surface area contributed by atoms with E-state index in [-0.39, 0.29) is 23.4 Å². The van der Waals surface area contributed by atoms with Crippen LogP contribution in [0.3, 0.4) is 0 Å². The van der Waals surface area contributed by atoms with E-state index >= 15 is 0 Å². The Kier molecular flexibility index (Phi) is 5.76. The van der Waals surface area contributed by atoms with Crippen molar-refractivity contribution in [2.24, 2.45) is 0 Å². The van der Waals surface area contributed by atoms with Crippen molar-refractivity contribution in [3.63, 3.8) is 0 Å². The predicted molar refractivity (Wildman–Crippen MR) is 131 cm³/mol. The van der Waals surface area contributed by atoms with Crippen LogP contribution in [0.1, 0.15) is 61.1 Å². The van der Waals surface area contributed by atoms with Crippen molar-refractivity contribution in [1.29, 1.82) is 0 Å². The summed E-state index contributed by atoms with van der Waals surface area (Å²) in [4.78, 5) is 42.9. The molecule has 3 aromatic carbocycles. The number of likely N-dealkylation sites (tertiary alicyclic amines) is 1. The molecule has 3 amide bonds. The van der Waals surface area contributed by atoms with Crippen LogP contribution in [-0.2, 0) is 0 Å². The van der Waals surface area contributed by atoms with Gasteiger partial charge in [0.1, 0.15) is 11.5 Å². The van der Waals surface area contributed by atoms with Gasteiger partial charge in [0, 0.05) is 17.7 Å². The van der Waals surface area contributed by atoms with E-state index in [0.29, 0.717) is 34.9 Å². The van der Waals surface area contributed by atoms with E-state index in [1.54, 1.807) is 49.5 Å². The van der Waals surface area contributed by atoms with Gasteiger partial charge in [-0.3, -0.25) is 14.4 Å². The fraction of sp³-hybridized carbons (Fsp3) is 0.250. The second kappa shape index (κ2) is 8.91. The first-order valence-corrected chi connectivity index (χ1v) is 11.6. The third-order valence-corrected chi connectivity index (χ3v) is 6.80. The molecular weight excluding hydrogens is 444 g/mol. The summed E-state index contributed by atoms with van der Waals surface area (Å²) in [7, 11) is 3.21. The Morgan fingerprint density at radius 2 is 1.69 bits per heavy atom. The Bertz CT molecular complexity index is 1350. The molecule has 0 bridgehead atoms. The summed E-state index contributed by atoms with van der Waals surface area (Å²) in [6.07, 6.45) is 1.64. The molecule has 7 nitrogen and oxygen atoms in total. The number of fused-ring (bicyclic) bond motifs is 1. The number of methoxy groups -OCH3 is 2. The van der Waals surface area contributed by atoms with Crippen LogP contribution in [-0.4, -0.2) is 43.4 Å². The van der Waals surface area contributed by atoms with E-state index < -0.39 is 5.91 Å². The molecule has 2 aliphatic rings. The summed E-state index contributed by atoms with van der Waals surface area (Å²) in [6.45, 7) is 2.44. The lowest BCUT2D eigenvalue weighted by atomic mass is 10.0. The Hall–Kier alpha value is -4.13. The maximum atomic E-state index is 13.6. The number of ether oxygens (including phenoxy) is 2. The molecular formula is C28H26N2O5. The minimum atomic E-state index is -0.415. The molecule has 0 radical (unpaired) electrons. The number of aryl methyl sites for hydroxylation is 1. The van der Waals surface area contributed by atoms with E-state index in [9.17, 15) is 14.4 Å². The fourth-order valence-electron chi connectivity index (χ4n) is 5.01. The number of amides is 3. The van der Waals surface area contributed by atoms with Crippen molar-refractivity contribution in [3.8, 4) is 11.5 Å². The molecule has 3 aromatic rings. The van der Waals surface area contributed by atoms with Crippen LogP contribution in [0.25, 0.3) is 0 Å². The van der Waals surface area contributed by atoms with Crippen LogP contribution in [0.2, 0.25) is 0 Å². The molecule has 1 atom stereocenters. The quantitative estimate of drug-likeness (QED) is 0.501. The summed E-state index contributed by atoms with van der Waals surface area (Å²) in [5.74, 6) is 0.409. The molecule has 2 aliphatic heterocycles. The number of nitrogens with zero attached hydrogens (tertiary/aromatic N) is 2. The lowest BCUT2D eigenvalue weighted by molar-refractivity contribution is 0.0733. The Morgan fingerprint density at radius 1 is 0.914 bits per heavy atom. The van der Waals surface area contributed by atoms with Crippen LogP contribution in [0.4, 0.5) is 5.69 Å². The van der Waals surface area contributed by atoms with Gasteiger partial charge in [0.15, 0.2) is 0 Å². The second-order valence-corrected chi connectivity index (χ2v) is 8.76. The van der Waals surface area contributed by atoms with Crippen molar-refractivity contribution in [2.45, 2.75) is 25.8 Å². The van der Waals surface area contributed by atoms with Gasteiger partial charge in [-0.25, -0.2) is 4.90 Å². The normalized spacial score (nSPS) is 17.1. The van der Waals surface area contributed by atoms with Crippen molar-refractivity contribution in [1.82, 2.24) is 4.90 Å². The molecule has 178 valence electrons. The summed E-state index contributed by atoms with van der Waals surface area (Å²) in [5, 5.41) is 0. The highest BCUT2D eigenvalue weighted by Crippen LogP contribution is 2.40. The lowest BCUT2D eigenvalue weighted by Gasteiger charge is -2.27. The summed E-state index contributed by atoms with van der Waals surface area (Å²) in [5.41, 5.74) is 3.20. The third kappa shape index (κ3) is 3.73. The molecule has 0 aromatic heterocycles. The van der Waals surface area contributed by atoms with Crippen LogP contribution in [0, 0.1) is 6.92 Å². The third-order valence-electron chi connectivity index (χ3n) is 6.80. The average Bonchev–Trinajstić information content (AvgIpc) is 3.46. The van der Waals surface area contributed by atoms with Gasteiger partial charge in [-0.15, -0.1) is 0 Å². The van der Waals surface area contributed by atoms with E-state index in [4.69, 9.17) is 9.47 Å². The smallest absolute Gasteiger partial charge is 0.266 e. The first-order valence-electron chi connectivity index (χ1n) is 11.6. The van der Waals surface area contributed by atoms with Crippen LogP contribution in [0.15, 0.2) is 60.7 Å². The number of hydrogen-bond acceptors (Lipinski definition) is 5. The fourth-order valence-corrected chi connectivity index (χ4v) is 5.01. The largest absolute Gasteiger partial charge is 0.497 e. The number of imide groups is 1. The number of para-hydroxylation sites is 1. The van der Waals surface area contributed by atoms with Crippen LogP contribution in [0.5, 0.6) is 11.5 Å². The molecule has 0 spiro atoms. The first kappa shape index (κ1) is 22.7. The Morgan fingerprint density at radius 3 is 2.43 bits per heavy atom. The standard InChI is InChI=1S/C28H26N2O5/c1-17-7-4-5-8-23(17)30-27(32)20-12-10-18(15-21(20)28(30)33)26(31)29-14-6-9-24(29)22-16-19(34-2)11-13-25(22)35-3/h4-5,7-8,10-13,15-16,24H,6,9,14H2,1-3H3. The zero-order valence-corrected chi connectivity index (χ0v) is 19.9. The van der Waals surface area contributed by atoms with Gasteiger partial charge in [-0.2, -0.15) is 0 Å². The van der Waals surface area contributed by atoms with E-state index in [0.717, 1.165) is 24.0 Å². The molecule has 0 aliphatic carbocycles. The number of anilines is 1. The minimum Gasteiger partial charge on any atom is -0.497 e. The number of hydrogen-bond donors (Lipinski definition) is 0. The number of carbonyl (C=O) groups excluding carboxylic acids is 3. The summed E-state index contributed by atoms with van der Waals surface area (Å²) < 4.78 is 10.9. The van der Waals surface area contributed by atoms with Gasteiger partial charge in [-0.1, -0.05) is 18.2 Å². The molecule has 1 saturated heterocycles. The number of rotatable bonds is 5. The molecule has 7 heteroatoms. The highest BCUT2D eigenvalue weighted by atomic mass is 16.5. The molecule has 0 saturated carbocycles. The van der Waals surface area contributed by atoms with Crippen LogP contribution >= 0.6 is 0 Å². The Balaban J connectivity index is 1.47.